The molecule has 1 N–H and O–H groups in total. The van der Waals surface area contributed by atoms with Crippen molar-refractivity contribution in [3.63, 3.8) is 0 Å². The zero-order valence-corrected chi connectivity index (χ0v) is 11.3. The first-order valence-corrected chi connectivity index (χ1v) is 6.71. The molecule has 0 amide bonds. The molecule has 1 aliphatic carbocycles. The van der Waals surface area contributed by atoms with E-state index in [9.17, 15) is 0 Å². The minimum atomic E-state index is 0.780. The topological polar surface area (TPSA) is 15.3 Å². The first-order valence-electron chi connectivity index (χ1n) is 6.71. The van der Waals surface area contributed by atoms with E-state index in [0.29, 0.717) is 0 Å². The van der Waals surface area contributed by atoms with E-state index in [-0.39, 0.29) is 0 Å². The zero-order valence-electron chi connectivity index (χ0n) is 11.3. The lowest BCUT2D eigenvalue weighted by molar-refractivity contribution is 0.174. The third-order valence-corrected chi connectivity index (χ3v) is 3.63. The standard InChI is InChI=1S/C14H28N2/c1-5-15-10-13(3)11-16(4)14-8-6-7-12(2)9-14/h12,14-15H,3,5-11H2,1-2,4H3. The molecule has 2 nitrogen and oxygen atoms in total. The summed E-state index contributed by atoms with van der Waals surface area (Å²) in [6.07, 6.45) is 5.55. The number of rotatable bonds is 6. The maximum Gasteiger partial charge on any atom is 0.0202 e. The molecule has 1 fully saturated rings. The van der Waals surface area contributed by atoms with Gasteiger partial charge in [0.15, 0.2) is 0 Å². The molecule has 1 saturated carbocycles. The summed E-state index contributed by atoms with van der Waals surface area (Å²) >= 11 is 0. The number of nitrogens with one attached hydrogen (secondary N) is 1. The Balaban J connectivity index is 2.27. The Labute approximate surface area is 101 Å². The van der Waals surface area contributed by atoms with Crippen LogP contribution in [0.3, 0.4) is 0 Å². The summed E-state index contributed by atoms with van der Waals surface area (Å²) in [5.74, 6) is 0.906. The molecule has 0 heterocycles. The third kappa shape index (κ3) is 4.67. The smallest absolute Gasteiger partial charge is 0.0202 e. The van der Waals surface area contributed by atoms with Crippen LogP contribution in [0.4, 0.5) is 0 Å². The number of hydrogen-bond donors (Lipinski definition) is 1. The van der Waals surface area contributed by atoms with E-state index in [1.165, 1.54) is 31.3 Å². The molecule has 2 atom stereocenters. The Morgan fingerprint density at radius 1 is 1.44 bits per heavy atom. The van der Waals surface area contributed by atoms with Crippen LogP contribution in [0.5, 0.6) is 0 Å². The minimum absolute atomic E-state index is 0.780. The molecule has 0 aromatic heterocycles. The molecule has 16 heavy (non-hydrogen) atoms. The second-order valence-electron chi connectivity index (χ2n) is 5.37. The Morgan fingerprint density at radius 3 is 2.81 bits per heavy atom. The average molecular weight is 224 g/mol. The molecule has 1 rings (SSSR count). The average Bonchev–Trinajstić information content (AvgIpc) is 2.26. The molecule has 2 unspecified atom stereocenters. The molecule has 0 saturated heterocycles. The van der Waals surface area contributed by atoms with Crippen molar-refractivity contribution in [3.05, 3.63) is 12.2 Å². The SMILES string of the molecule is C=C(CNCC)CN(C)C1CCCC(C)C1. The maximum atomic E-state index is 4.14. The van der Waals surface area contributed by atoms with Crippen molar-refractivity contribution < 1.29 is 0 Å². The second-order valence-corrected chi connectivity index (χ2v) is 5.37. The van der Waals surface area contributed by atoms with Gasteiger partial charge in [-0.1, -0.05) is 33.3 Å². The lowest BCUT2D eigenvalue weighted by Gasteiger charge is -2.34. The number of hydrogen-bond acceptors (Lipinski definition) is 2. The van der Waals surface area contributed by atoms with Crippen molar-refractivity contribution in [2.75, 3.05) is 26.7 Å². The highest BCUT2D eigenvalue weighted by Gasteiger charge is 2.22. The fourth-order valence-electron chi connectivity index (χ4n) is 2.64. The van der Waals surface area contributed by atoms with Crippen LogP contribution in [-0.4, -0.2) is 37.6 Å². The molecule has 0 aromatic rings. The Bertz CT molecular complexity index is 213. The van der Waals surface area contributed by atoms with Gasteiger partial charge in [0, 0.05) is 19.1 Å². The van der Waals surface area contributed by atoms with Gasteiger partial charge in [-0.3, -0.25) is 4.90 Å². The second kappa shape index (κ2) is 7.08. The van der Waals surface area contributed by atoms with Crippen molar-refractivity contribution >= 4 is 0 Å². The van der Waals surface area contributed by atoms with Gasteiger partial charge in [-0.2, -0.15) is 0 Å². The van der Waals surface area contributed by atoms with Gasteiger partial charge in [0.2, 0.25) is 0 Å². The lowest BCUT2D eigenvalue weighted by Crippen LogP contribution is -2.37. The summed E-state index contributed by atoms with van der Waals surface area (Å²) in [6.45, 7) is 11.7. The van der Waals surface area contributed by atoms with Gasteiger partial charge in [-0.15, -0.1) is 0 Å². The van der Waals surface area contributed by atoms with Gasteiger partial charge in [-0.05, 0) is 37.9 Å². The highest BCUT2D eigenvalue weighted by molar-refractivity contribution is 5.00. The molecular weight excluding hydrogens is 196 g/mol. The maximum absolute atomic E-state index is 4.14. The van der Waals surface area contributed by atoms with Crippen LogP contribution in [0.25, 0.3) is 0 Å². The fourth-order valence-corrected chi connectivity index (χ4v) is 2.64. The summed E-state index contributed by atoms with van der Waals surface area (Å²) in [5.41, 5.74) is 1.31. The molecule has 1 aliphatic rings. The first kappa shape index (κ1) is 13.7. The third-order valence-electron chi connectivity index (χ3n) is 3.63. The van der Waals surface area contributed by atoms with Crippen molar-refractivity contribution in [1.29, 1.82) is 0 Å². The summed E-state index contributed by atoms with van der Waals surface area (Å²) in [5, 5.41) is 3.34. The van der Waals surface area contributed by atoms with Crippen LogP contribution < -0.4 is 5.32 Å². The van der Waals surface area contributed by atoms with Gasteiger partial charge in [-0.25, -0.2) is 0 Å². The lowest BCUT2D eigenvalue weighted by atomic mass is 9.86. The summed E-state index contributed by atoms with van der Waals surface area (Å²) in [4.78, 5) is 2.50. The van der Waals surface area contributed by atoms with Crippen molar-refractivity contribution in [2.45, 2.75) is 45.6 Å². The fraction of sp³-hybridized carbons (Fsp3) is 0.857. The molecule has 94 valence electrons. The summed E-state index contributed by atoms with van der Waals surface area (Å²) in [7, 11) is 2.25. The molecule has 0 radical (unpaired) electrons. The van der Waals surface area contributed by atoms with Gasteiger partial charge < -0.3 is 5.32 Å². The number of likely N-dealkylation sites (N-methyl/N-ethyl adjacent to an activating group) is 2. The van der Waals surface area contributed by atoms with Gasteiger partial charge in [0.1, 0.15) is 0 Å². The van der Waals surface area contributed by atoms with E-state index in [1.807, 2.05) is 0 Å². The van der Waals surface area contributed by atoms with Crippen LogP contribution >= 0.6 is 0 Å². The van der Waals surface area contributed by atoms with Crippen LogP contribution in [-0.2, 0) is 0 Å². The molecule has 0 aromatic carbocycles. The van der Waals surface area contributed by atoms with E-state index in [2.05, 4.69) is 37.7 Å². The van der Waals surface area contributed by atoms with E-state index in [4.69, 9.17) is 0 Å². The largest absolute Gasteiger partial charge is 0.313 e. The predicted molar refractivity (Wildman–Crippen MR) is 71.7 cm³/mol. The van der Waals surface area contributed by atoms with E-state index < -0.39 is 0 Å². The van der Waals surface area contributed by atoms with E-state index in [0.717, 1.165) is 31.6 Å². The monoisotopic (exact) mass is 224 g/mol. The normalized spacial score (nSPS) is 26.0. The highest BCUT2D eigenvalue weighted by Crippen LogP contribution is 2.26. The van der Waals surface area contributed by atoms with Crippen molar-refractivity contribution in [1.82, 2.24) is 10.2 Å². The molecule has 0 spiro atoms. The van der Waals surface area contributed by atoms with Crippen molar-refractivity contribution in [3.8, 4) is 0 Å². The Kier molecular flexibility index (Phi) is 6.07. The van der Waals surface area contributed by atoms with Crippen LogP contribution in [0.2, 0.25) is 0 Å². The first-order chi connectivity index (χ1) is 7.63. The van der Waals surface area contributed by atoms with E-state index in [1.54, 1.807) is 0 Å². The van der Waals surface area contributed by atoms with Gasteiger partial charge >= 0.3 is 0 Å². The van der Waals surface area contributed by atoms with Gasteiger partial charge in [0.25, 0.3) is 0 Å². The summed E-state index contributed by atoms with van der Waals surface area (Å²) < 4.78 is 0. The van der Waals surface area contributed by atoms with Crippen molar-refractivity contribution in [2.24, 2.45) is 5.92 Å². The molecule has 2 heteroatoms. The Hall–Kier alpha value is -0.340. The number of nitrogens with zero attached hydrogens (tertiary/aromatic N) is 1. The molecule has 0 aliphatic heterocycles. The van der Waals surface area contributed by atoms with Crippen LogP contribution in [0.1, 0.15) is 39.5 Å². The highest BCUT2D eigenvalue weighted by atomic mass is 15.1. The minimum Gasteiger partial charge on any atom is -0.313 e. The quantitative estimate of drug-likeness (QED) is 0.698. The molecule has 0 bridgehead atoms. The van der Waals surface area contributed by atoms with Gasteiger partial charge in [0.05, 0.1) is 0 Å². The van der Waals surface area contributed by atoms with Crippen LogP contribution in [0, 0.1) is 5.92 Å². The van der Waals surface area contributed by atoms with Crippen LogP contribution in [0.15, 0.2) is 12.2 Å². The van der Waals surface area contributed by atoms with E-state index >= 15 is 0 Å². The summed E-state index contributed by atoms with van der Waals surface area (Å²) in [6, 6.07) is 0.780. The Morgan fingerprint density at radius 2 is 2.19 bits per heavy atom. The zero-order chi connectivity index (χ0) is 12.0. The molecular formula is C14H28N2. The predicted octanol–water partition coefficient (Wildman–Crippen LogP) is 2.66.